The Bertz CT molecular complexity index is 1320. The third-order valence-corrected chi connectivity index (χ3v) is 5.85. The highest BCUT2D eigenvalue weighted by Gasteiger charge is 2.14. The minimum Gasteiger partial charge on any atom is -0.491 e. The zero-order valence-corrected chi connectivity index (χ0v) is 22.3. The summed E-state index contributed by atoms with van der Waals surface area (Å²) in [7, 11) is 0. The molecule has 2 aromatic heterocycles. The van der Waals surface area contributed by atoms with Crippen LogP contribution in [-0.4, -0.2) is 29.4 Å². The second kappa shape index (κ2) is 13.1. The van der Waals surface area contributed by atoms with E-state index in [1.807, 2.05) is 26.1 Å². The van der Waals surface area contributed by atoms with Crippen molar-refractivity contribution in [3.63, 3.8) is 0 Å². The van der Waals surface area contributed by atoms with Crippen LogP contribution in [0.15, 0.2) is 67.4 Å². The molecule has 0 fully saturated rings. The van der Waals surface area contributed by atoms with Crippen LogP contribution < -0.4 is 10.1 Å². The maximum absolute atomic E-state index is 13.5. The number of ether oxygens (including phenoxy) is 1. The van der Waals surface area contributed by atoms with E-state index in [9.17, 15) is 4.39 Å². The van der Waals surface area contributed by atoms with E-state index in [1.165, 1.54) is 17.7 Å². The summed E-state index contributed by atoms with van der Waals surface area (Å²) >= 11 is 3.53. The Morgan fingerprint density at radius 3 is 2.53 bits per heavy atom. The Labute approximate surface area is 219 Å². The van der Waals surface area contributed by atoms with Crippen LogP contribution in [-0.2, 0) is 12.8 Å². The quantitative estimate of drug-likeness (QED) is 0.240. The Kier molecular flexibility index (Phi) is 9.88. The lowest BCUT2D eigenvalue weighted by atomic mass is 10.0. The molecule has 0 saturated heterocycles. The van der Waals surface area contributed by atoms with E-state index in [0.29, 0.717) is 13.2 Å². The van der Waals surface area contributed by atoms with Crippen LogP contribution in [0, 0.1) is 12.7 Å². The summed E-state index contributed by atoms with van der Waals surface area (Å²) in [6, 6.07) is 16.8. The predicted octanol–water partition coefficient (Wildman–Crippen LogP) is 7.05. The van der Waals surface area contributed by atoms with Crippen molar-refractivity contribution in [1.82, 2.24) is 15.3 Å². The summed E-state index contributed by atoms with van der Waals surface area (Å²) in [5.74, 6) is 0.472. The maximum atomic E-state index is 13.5. The number of nitrogens with one attached hydrogen (secondary N) is 1. The SMILES string of the molecule is C=C(NCCc1cc(C)c(OCC)c(-c2ccc(F)cc2)n1)c1cc(CC)c2ncccc2c1.CS. The van der Waals surface area contributed by atoms with Gasteiger partial charge in [0.25, 0.3) is 0 Å². The number of aromatic nitrogens is 2. The van der Waals surface area contributed by atoms with E-state index in [4.69, 9.17) is 9.72 Å². The second-order valence-corrected chi connectivity index (χ2v) is 8.27. The predicted molar refractivity (Wildman–Crippen MR) is 152 cm³/mol. The van der Waals surface area contributed by atoms with Crippen molar-refractivity contribution >= 4 is 29.2 Å². The Balaban J connectivity index is 0.00000176. The number of fused-ring (bicyclic) bond motifs is 1. The molecule has 1 N–H and O–H groups in total. The van der Waals surface area contributed by atoms with Gasteiger partial charge >= 0.3 is 0 Å². The molecule has 0 aliphatic heterocycles. The lowest BCUT2D eigenvalue weighted by molar-refractivity contribution is 0.338. The standard InChI is InChI=1S/C29H30FN3O.CH4S/c1-5-21-17-24(18-23-8-7-14-32-27(21)23)20(4)31-15-13-26-16-19(3)29(34-6-2)28(33-26)22-9-11-25(30)12-10-22;1-2/h7-12,14,16-18,31H,4-6,13,15H2,1-3H3;2H,1H3. The van der Waals surface area contributed by atoms with Gasteiger partial charge < -0.3 is 10.1 Å². The fourth-order valence-corrected chi connectivity index (χ4v) is 4.14. The van der Waals surface area contributed by atoms with Crippen molar-refractivity contribution in [1.29, 1.82) is 0 Å². The van der Waals surface area contributed by atoms with E-state index in [-0.39, 0.29) is 5.82 Å². The molecule has 4 nitrogen and oxygen atoms in total. The molecule has 188 valence electrons. The number of hydrogen-bond donors (Lipinski definition) is 2. The van der Waals surface area contributed by atoms with Crippen molar-refractivity contribution < 1.29 is 9.13 Å². The normalized spacial score (nSPS) is 10.5. The molecule has 0 saturated carbocycles. The first kappa shape index (κ1) is 27.2. The number of nitrogens with zero attached hydrogens (tertiary/aromatic N) is 2. The minimum atomic E-state index is -0.270. The van der Waals surface area contributed by atoms with Crippen molar-refractivity contribution in [3.8, 4) is 17.0 Å². The summed E-state index contributed by atoms with van der Waals surface area (Å²) in [4.78, 5) is 9.40. The van der Waals surface area contributed by atoms with Crippen molar-refractivity contribution in [2.75, 3.05) is 19.4 Å². The van der Waals surface area contributed by atoms with E-state index >= 15 is 0 Å². The molecule has 0 amide bonds. The fraction of sp³-hybridized carbons (Fsp3) is 0.267. The fourth-order valence-electron chi connectivity index (χ4n) is 4.14. The number of hydrogen-bond acceptors (Lipinski definition) is 5. The van der Waals surface area contributed by atoms with Gasteiger partial charge in [-0.2, -0.15) is 12.6 Å². The van der Waals surface area contributed by atoms with E-state index in [2.05, 4.69) is 60.7 Å². The molecule has 6 heteroatoms. The van der Waals surface area contributed by atoms with Crippen LogP contribution in [0.5, 0.6) is 5.75 Å². The Morgan fingerprint density at radius 1 is 1.08 bits per heavy atom. The van der Waals surface area contributed by atoms with Crippen LogP contribution in [0.3, 0.4) is 0 Å². The molecule has 0 bridgehead atoms. The molecular formula is C30H34FN3OS. The number of aryl methyl sites for hydroxylation is 2. The molecule has 4 aromatic rings. The van der Waals surface area contributed by atoms with Crippen LogP contribution in [0.4, 0.5) is 4.39 Å². The molecule has 36 heavy (non-hydrogen) atoms. The third-order valence-electron chi connectivity index (χ3n) is 5.85. The van der Waals surface area contributed by atoms with Gasteiger partial charge in [0.1, 0.15) is 17.3 Å². The summed E-state index contributed by atoms with van der Waals surface area (Å²) in [5.41, 5.74) is 7.74. The largest absolute Gasteiger partial charge is 0.491 e. The van der Waals surface area contributed by atoms with Gasteiger partial charge in [0.15, 0.2) is 0 Å². The number of pyridine rings is 2. The van der Waals surface area contributed by atoms with E-state index in [1.54, 1.807) is 18.4 Å². The number of thiol groups is 1. The molecular weight excluding hydrogens is 469 g/mol. The van der Waals surface area contributed by atoms with Crippen LogP contribution in [0.25, 0.3) is 27.9 Å². The lowest BCUT2D eigenvalue weighted by Crippen LogP contribution is -2.16. The highest BCUT2D eigenvalue weighted by Crippen LogP contribution is 2.32. The topological polar surface area (TPSA) is 47.0 Å². The van der Waals surface area contributed by atoms with Gasteiger partial charge in [-0.15, -0.1) is 0 Å². The average molecular weight is 504 g/mol. The summed E-state index contributed by atoms with van der Waals surface area (Å²) in [5, 5.41) is 4.57. The first-order valence-corrected chi connectivity index (χ1v) is 13.0. The average Bonchev–Trinajstić information content (AvgIpc) is 2.91. The molecule has 2 heterocycles. The molecule has 2 aromatic carbocycles. The van der Waals surface area contributed by atoms with Crippen molar-refractivity contribution in [2.24, 2.45) is 0 Å². The zero-order valence-electron chi connectivity index (χ0n) is 21.4. The van der Waals surface area contributed by atoms with Crippen molar-refractivity contribution in [2.45, 2.75) is 33.6 Å². The molecule has 0 atom stereocenters. The Morgan fingerprint density at radius 2 is 1.83 bits per heavy atom. The van der Waals surface area contributed by atoms with Crippen LogP contribution >= 0.6 is 12.6 Å². The highest BCUT2D eigenvalue weighted by molar-refractivity contribution is 7.79. The first-order chi connectivity index (χ1) is 17.5. The van der Waals surface area contributed by atoms with Gasteiger partial charge in [-0.3, -0.25) is 4.98 Å². The van der Waals surface area contributed by atoms with Crippen molar-refractivity contribution in [3.05, 3.63) is 95.6 Å². The molecule has 4 rings (SSSR count). The van der Waals surface area contributed by atoms with Gasteiger partial charge in [-0.25, -0.2) is 9.37 Å². The Hall–Kier alpha value is -3.38. The third kappa shape index (κ3) is 6.43. The van der Waals surface area contributed by atoms with Crippen LogP contribution in [0.1, 0.15) is 36.2 Å². The molecule has 0 unspecified atom stereocenters. The summed E-state index contributed by atoms with van der Waals surface area (Å²) < 4.78 is 19.3. The minimum absolute atomic E-state index is 0.270. The molecule has 0 spiro atoms. The highest BCUT2D eigenvalue weighted by atomic mass is 32.1. The summed E-state index contributed by atoms with van der Waals surface area (Å²) in [6.45, 7) is 11.6. The summed E-state index contributed by atoms with van der Waals surface area (Å²) in [6.07, 6.45) is 5.16. The van der Waals surface area contributed by atoms with Gasteiger partial charge in [0, 0.05) is 41.5 Å². The lowest BCUT2D eigenvalue weighted by Gasteiger charge is -2.16. The molecule has 0 aliphatic rings. The zero-order chi connectivity index (χ0) is 26.1. The van der Waals surface area contributed by atoms with Gasteiger partial charge in [0.05, 0.1) is 12.1 Å². The van der Waals surface area contributed by atoms with Gasteiger partial charge in [-0.1, -0.05) is 19.6 Å². The molecule has 0 aliphatic carbocycles. The van der Waals surface area contributed by atoms with Crippen LogP contribution in [0.2, 0.25) is 0 Å². The smallest absolute Gasteiger partial charge is 0.148 e. The first-order valence-electron chi connectivity index (χ1n) is 12.1. The number of benzene rings is 2. The second-order valence-electron chi connectivity index (χ2n) is 8.27. The number of halogens is 1. The van der Waals surface area contributed by atoms with Gasteiger partial charge in [0.2, 0.25) is 0 Å². The monoisotopic (exact) mass is 503 g/mol. The maximum Gasteiger partial charge on any atom is 0.148 e. The van der Waals surface area contributed by atoms with E-state index in [0.717, 1.165) is 63.3 Å². The molecule has 0 radical (unpaired) electrons. The van der Waals surface area contributed by atoms with Gasteiger partial charge in [-0.05, 0) is 91.7 Å². The van der Waals surface area contributed by atoms with E-state index < -0.39 is 0 Å². The number of rotatable bonds is 9.